The fourth-order valence-electron chi connectivity index (χ4n) is 3.20. The number of halogens is 1. The second-order valence-corrected chi connectivity index (χ2v) is 10.2. The van der Waals surface area contributed by atoms with E-state index in [0.717, 1.165) is 35.7 Å². The van der Waals surface area contributed by atoms with Gasteiger partial charge in [0.25, 0.3) is 0 Å². The van der Waals surface area contributed by atoms with Gasteiger partial charge in [-0.3, -0.25) is 4.79 Å². The van der Waals surface area contributed by atoms with Gasteiger partial charge in [0.1, 0.15) is 9.71 Å². The summed E-state index contributed by atoms with van der Waals surface area (Å²) in [5, 5.41) is 4.94. The highest BCUT2D eigenvalue weighted by atomic mass is 79.9. The summed E-state index contributed by atoms with van der Waals surface area (Å²) in [7, 11) is 0. The molecule has 5 aromatic rings. The first-order valence-electron chi connectivity index (χ1n) is 8.73. The maximum Gasteiger partial charge on any atom is 0.205 e. The van der Waals surface area contributed by atoms with Gasteiger partial charge >= 0.3 is 0 Å². The Morgan fingerprint density at radius 1 is 0.966 bits per heavy atom. The van der Waals surface area contributed by atoms with Crippen molar-refractivity contribution in [1.82, 2.24) is 4.98 Å². The highest BCUT2D eigenvalue weighted by molar-refractivity contribution is 9.10. The molecule has 2 N–H and O–H groups in total. The van der Waals surface area contributed by atoms with E-state index in [1.807, 2.05) is 35.0 Å². The van der Waals surface area contributed by atoms with E-state index >= 15 is 0 Å². The Morgan fingerprint density at radius 3 is 2.31 bits per heavy atom. The maximum absolute atomic E-state index is 13.2. The lowest BCUT2D eigenvalue weighted by molar-refractivity contribution is 0.104. The molecule has 142 valence electrons. The summed E-state index contributed by atoms with van der Waals surface area (Å²) in [5.74, 6) is -0.0761. The first kappa shape index (κ1) is 18.7. The summed E-state index contributed by atoms with van der Waals surface area (Å²) < 4.78 is 0.931. The fraction of sp³-hybridized carbons (Fsp3) is 0. The van der Waals surface area contributed by atoms with Crippen LogP contribution in [0, 0.1) is 0 Å². The Morgan fingerprint density at radius 2 is 1.66 bits per heavy atom. The largest absolute Gasteiger partial charge is 0.397 e. The number of carbonyl (C=O) groups excluding carboxylic acids is 1. The molecule has 0 fully saturated rings. The van der Waals surface area contributed by atoms with Crippen LogP contribution in [0.15, 0.2) is 69.8 Å². The summed E-state index contributed by atoms with van der Waals surface area (Å²) in [6, 6.07) is 17.6. The van der Waals surface area contributed by atoms with Crippen molar-refractivity contribution in [2.75, 3.05) is 5.73 Å². The molecule has 29 heavy (non-hydrogen) atoms. The number of thiophene rings is 3. The zero-order valence-corrected chi connectivity index (χ0v) is 18.9. The number of nitrogens with two attached hydrogens (primary N) is 1. The average Bonchev–Trinajstić information content (AvgIpc) is 3.49. The molecule has 3 nitrogen and oxygen atoms in total. The lowest BCUT2D eigenvalue weighted by Gasteiger charge is -2.06. The van der Waals surface area contributed by atoms with E-state index in [0.29, 0.717) is 16.1 Å². The van der Waals surface area contributed by atoms with Crippen LogP contribution in [0.3, 0.4) is 0 Å². The number of hydrogen-bond acceptors (Lipinski definition) is 6. The van der Waals surface area contributed by atoms with Gasteiger partial charge in [0.15, 0.2) is 0 Å². The molecule has 4 aromatic heterocycles. The monoisotopic (exact) mass is 496 g/mol. The standard InChI is InChI=1S/C22H13BrN2OS3/c23-13-7-5-12(6-8-13)20(26)21-19(24)18-14(16-3-1-9-27-16)11-15(25-22(18)29-21)17-4-2-10-28-17/h1-11H,24H2. The fourth-order valence-corrected chi connectivity index (χ4v) is 5.98. The lowest BCUT2D eigenvalue weighted by Crippen LogP contribution is -2.01. The number of ketones is 1. The van der Waals surface area contributed by atoms with Gasteiger partial charge in [0.05, 0.1) is 16.3 Å². The Kier molecular flexibility index (Phi) is 4.83. The molecule has 7 heteroatoms. The molecule has 0 saturated carbocycles. The molecule has 5 rings (SSSR count). The minimum atomic E-state index is -0.0761. The molecular weight excluding hydrogens is 484 g/mol. The van der Waals surface area contributed by atoms with Crippen molar-refractivity contribution < 1.29 is 4.79 Å². The third kappa shape index (κ3) is 3.34. The second kappa shape index (κ2) is 7.50. The molecule has 0 aliphatic rings. The zero-order chi connectivity index (χ0) is 20.0. The van der Waals surface area contributed by atoms with Crippen molar-refractivity contribution >= 4 is 71.6 Å². The van der Waals surface area contributed by atoms with Gasteiger partial charge in [-0.1, -0.05) is 28.1 Å². The molecule has 4 heterocycles. The average molecular weight is 497 g/mol. The van der Waals surface area contributed by atoms with Crippen molar-refractivity contribution in [3.63, 3.8) is 0 Å². The molecular formula is C22H13BrN2OS3. The van der Waals surface area contributed by atoms with E-state index in [2.05, 4.69) is 34.1 Å². The number of carbonyl (C=O) groups is 1. The van der Waals surface area contributed by atoms with Crippen LogP contribution in [-0.4, -0.2) is 10.8 Å². The van der Waals surface area contributed by atoms with E-state index in [9.17, 15) is 4.79 Å². The van der Waals surface area contributed by atoms with Crippen LogP contribution in [-0.2, 0) is 0 Å². The summed E-state index contributed by atoms with van der Waals surface area (Å²) in [6.07, 6.45) is 0. The van der Waals surface area contributed by atoms with Crippen molar-refractivity contribution in [2.24, 2.45) is 0 Å². The Bertz CT molecular complexity index is 1320. The second-order valence-electron chi connectivity index (χ2n) is 6.37. The first-order chi connectivity index (χ1) is 14.1. The maximum atomic E-state index is 13.2. The van der Waals surface area contributed by atoms with Gasteiger partial charge in [-0.05, 0) is 53.2 Å². The highest BCUT2D eigenvalue weighted by Crippen LogP contribution is 2.43. The number of aromatic nitrogens is 1. The smallest absolute Gasteiger partial charge is 0.205 e. The minimum absolute atomic E-state index is 0.0761. The van der Waals surface area contributed by atoms with Crippen LogP contribution >= 0.6 is 49.9 Å². The highest BCUT2D eigenvalue weighted by Gasteiger charge is 2.23. The first-order valence-corrected chi connectivity index (χ1v) is 12.1. The van der Waals surface area contributed by atoms with E-state index in [1.165, 1.54) is 11.3 Å². The zero-order valence-electron chi connectivity index (χ0n) is 14.9. The third-order valence-corrected chi connectivity index (χ3v) is 7.99. The number of nitrogen functional groups attached to an aromatic ring is 1. The molecule has 0 amide bonds. The molecule has 0 spiro atoms. The molecule has 0 aliphatic carbocycles. The Balaban J connectivity index is 1.74. The topological polar surface area (TPSA) is 56.0 Å². The van der Waals surface area contributed by atoms with Crippen LogP contribution in [0.5, 0.6) is 0 Å². The molecule has 1 aromatic carbocycles. The third-order valence-electron chi connectivity index (χ3n) is 4.57. The lowest BCUT2D eigenvalue weighted by atomic mass is 10.0. The minimum Gasteiger partial charge on any atom is -0.397 e. The number of fused-ring (bicyclic) bond motifs is 1. The van der Waals surface area contributed by atoms with Gasteiger partial charge in [-0.15, -0.1) is 34.0 Å². The van der Waals surface area contributed by atoms with E-state index in [1.54, 1.807) is 34.8 Å². The van der Waals surface area contributed by atoms with Crippen LogP contribution in [0.4, 0.5) is 5.69 Å². The summed E-state index contributed by atoms with van der Waals surface area (Å²) in [4.78, 5) is 21.5. The van der Waals surface area contributed by atoms with Gasteiger partial charge in [-0.25, -0.2) is 4.98 Å². The number of pyridine rings is 1. The van der Waals surface area contributed by atoms with E-state index in [4.69, 9.17) is 10.7 Å². The molecule has 0 saturated heterocycles. The normalized spacial score (nSPS) is 11.2. The van der Waals surface area contributed by atoms with Crippen molar-refractivity contribution in [2.45, 2.75) is 0 Å². The Hall–Kier alpha value is -2.32. The number of benzene rings is 1. The molecule has 0 bridgehead atoms. The SMILES string of the molecule is Nc1c(C(=O)c2ccc(Br)cc2)sc2nc(-c3cccs3)cc(-c3cccs3)c12. The molecule has 0 aliphatic heterocycles. The number of nitrogens with zero attached hydrogens (tertiary/aromatic N) is 1. The quantitative estimate of drug-likeness (QED) is 0.265. The van der Waals surface area contributed by atoms with Crippen molar-refractivity contribution in [3.8, 4) is 21.0 Å². The van der Waals surface area contributed by atoms with Crippen LogP contribution in [0.2, 0.25) is 0 Å². The molecule has 0 unspecified atom stereocenters. The number of hydrogen-bond donors (Lipinski definition) is 1. The van der Waals surface area contributed by atoms with Crippen molar-refractivity contribution in [3.05, 3.63) is 80.3 Å². The van der Waals surface area contributed by atoms with Crippen LogP contribution < -0.4 is 5.73 Å². The number of anilines is 1. The summed E-state index contributed by atoms with van der Waals surface area (Å²) in [5.41, 5.74) is 9.58. The molecule has 0 atom stereocenters. The van der Waals surface area contributed by atoms with Crippen molar-refractivity contribution in [1.29, 1.82) is 0 Å². The predicted molar refractivity (Wildman–Crippen MR) is 128 cm³/mol. The van der Waals surface area contributed by atoms with Gasteiger partial charge in [0, 0.05) is 25.9 Å². The molecule has 0 radical (unpaired) electrons. The van der Waals surface area contributed by atoms with Gasteiger partial charge in [-0.2, -0.15) is 0 Å². The van der Waals surface area contributed by atoms with Gasteiger partial charge < -0.3 is 5.73 Å². The van der Waals surface area contributed by atoms with E-state index < -0.39 is 0 Å². The van der Waals surface area contributed by atoms with E-state index in [-0.39, 0.29) is 5.78 Å². The summed E-state index contributed by atoms with van der Waals surface area (Å²) >= 11 is 8.08. The van der Waals surface area contributed by atoms with Crippen LogP contribution in [0.1, 0.15) is 15.2 Å². The Labute approximate surface area is 187 Å². The number of rotatable bonds is 4. The van der Waals surface area contributed by atoms with Crippen LogP contribution in [0.25, 0.3) is 31.2 Å². The summed E-state index contributed by atoms with van der Waals surface area (Å²) in [6.45, 7) is 0. The van der Waals surface area contributed by atoms with Gasteiger partial charge in [0.2, 0.25) is 5.78 Å². The predicted octanol–water partition coefficient (Wildman–Crippen LogP) is 7.33.